The Morgan fingerprint density at radius 1 is 1.25 bits per heavy atom. The summed E-state index contributed by atoms with van der Waals surface area (Å²) in [5, 5.41) is 2.27. The molecule has 1 saturated heterocycles. The molecule has 1 aromatic rings. The fraction of sp³-hybridized carbons (Fsp3) is 0.571. The van der Waals surface area contributed by atoms with Crippen molar-refractivity contribution in [3.8, 4) is 0 Å². The van der Waals surface area contributed by atoms with Crippen molar-refractivity contribution in [2.75, 3.05) is 36.5 Å². The quantitative estimate of drug-likeness (QED) is 0.583. The molecular weight excluding hydrogens is 429 g/mol. The van der Waals surface area contributed by atoms with E-state index in [1.807, 2.05) is 0 Å². The molecule has 2 aliphatic carbocycles. The van der Waals surface area contributed by atoms with Gasteiger partial charge < -0.3 is 20.7 Å². The lowest BCUT2D eigenvalue weighted by Gasteiger charge is -2.30. The molecule has 2 saturated carbocycles. The van der Waals surface area contributed by atoms with E-state index in [4.69, 9.17) is 10.5 Å². The Balaban J connectivity index is 1.59. The first-order valence-electron chi connectivity index (χ1n) is 10.6. The van der Waals surface area contributed by atoms with Gasteiger partial charge in [-0.2, -0.15) is 13.2 Å². The number of carbonyl (C=O) groups is 3. The minimum absolute atomic E-state index is 0.0376. The summed E-state index contributed by atoms with van der Waals surface area (Å²) in [7, 11) is 0. The van der Waals surface area contributed by atoms with Gasteiger partial charge in [-0.25, -0.2) is 0 Å². The fourth-order valence-electron chi connectivity index (χ4n) is 3.95. The van der Waals surface area contributed by atoms with Gasteiger partial charge in [0, 0.05) is 24.8 Å². The maximum absolute atomic E-state index is 13.8. The summed E-state index contributed by atoms with van der Waals surface area (Å²) in [6.45, 7) is 0.654. The van der Waals surface area contributed by atoms with E-state index >= 15 is 0 Å². The molecule has 174 valence electrons. The Morgan fingerprint density at radius 2 is 1.97 bits per heavy atom. The zero-order valence-electron chi connectivity index (χ0n) is 17.4. The number of carbonyl (C=O) groups excluding carboxylic acids is 3. The van der Waals surface area contributed by atoms with Crippen LogP contribution in [0.15, 0.2) is 18.2 Å². The number of hydrogen-bond donors (Lipinski definition) is 2. The van der Waals surface area contributed by atoms with Gasteiger partial charge >= 0.3 is 6.18 Å². The number of amides is 3. The molecule has 32 heavy (non-hydrogen) atoms. The average molecular weight is 454 g/mol. The van der Waals surface area contributed by atoms with Gasteiger partial charge in [-0.1, -0.05) is 0 Å². The van der Waals surface area contributed by atoms with Crippen molar-refractivity contribution in [1.29, 1.82) is 0 Å². The number of alkyl halides is 3. The largest absolute Gasteiger partial charge is 0.418 e. The molecule has 3 fully saturated rings. The zero-order valence-corrected chi connectivity index (χ0v) is 17.4. The third kappa shape index (κ3) is 5.04. The van der Waals surface area contributed by atoms with E-state index in [0.717, 1.165) is 37.8 Å². The van der Waals surface area contributed by atoms with E-state index in [9.17, 15) is 27.6 Å². The topological polar surface area (TPSA) is 105 Å². The Labute approximate surface area is 182 Å². The molecule has 11 heteroatoms. The molecule has 0 aromatic heterocycles. The second-order valence-corrected chi connectivity index (χ2v) is 8.49. The summed E-state index contributed by atoms with van der Waals surface area (Å²) in [6.07, 6.45) is -1.16. The summed E-state index contributed by atoms with van der Waals surface area (Å²) in [6, 6.07) is 1.94. The molecule has 3 amide bonds. The summed E-state index contributed by atoms with van der Waals surface area (Å²) in [5.74, 6) is -1.85. The summed E-state index contributed by atoms with van der Waals surface area (Å²) >= 11 is 0. The number of nitrogens with two attached hydrogens (primary N) is 1. The van der Waals surface area contributed by atoms with Gasteiger partial charge in [0.25, 0.3) is 11.8 Å². The molecular formula is C21H25F3N4O4. The highest BCUT2D eigenvalue weighted by atomic mass is 19.4. The lowest BCUT2D eigenvalue weighted by Crippen LogP contribution is -2.53. The molecule has 0 spiro atoms. The Bertz CT molecular complexity index is 915. The van der Waals surface area contributed by atoms with Crippen molar-refractivity contribution in [2.24, 2.45) is 11.7 Å². The highest BCUT2D eigenvalue weighted by Crippen LogP contribution is 2.39. The summed E-state index contributed by atoms with van der Waals surface area (Å²) in [4.78, 5) is 40.0. The lowest BCUT2D eigenvalue weighted by molar-refractivity contribution is -0.137. The minimum atomic E-state index is -4.79. The summed E-state index contributed by atoms with van der Waals surface area (Å²) in [5.41, 5.74) is 3.96. The van der Waals surface area contributed by atoms with Crippen LogP contribution in [0.5, 0.6) is 0 Å². The first kappa shape index (κ1) is 22.5. The van der Waals surface area contributed by atoms with Crippen molar-refractivity contribution in [3.63, 3.8) is 0 Å². The highest BCUT2D eigenvalue weighted by molar-refractivity contribution is 6.10. The van der Waals surface area contributed by atoms with Gasteiger partial charge in [-0.3, -0.25) is 19.3 Å². The van der Waals surface area contributed by atoms with Crippen LogP contribution in [0.2, 0.25) is 0 Å². The molecule has 1 aromatic carbocycles. The number of rotatable bonds is 8. The molecule has 4 rings (SSSR count). The van der Waals surface area contributed by atoms with Crippen LogP contribution in [0.1, 0.15) is 31.2 Å². The molecule has 8 nitrogen and oxygen atoms in total. The molecule has 3 aliphatic rings. The predicted molar refractivity (Wildman–Crippen MR) is 109 cm³/mol. The average Bonchev–Trinajstić information content (AvgIpc) is 3.61. The molecule has 1 aliphatic heterocycles. The van der Waals surface area contributed by atoms with Crippen molar-refractivity contribution in [2.45, 2.75) is 43.9 Å². The second-order valence-electron chi connectivity index (χ2n) is 8.49. The normalized spacial score (nSPS) is 20.4. The zero-order chi connectivity index (χ0) is 23.0. The van der Waals surface area contributed by atoms with E-state index < -0.39 is 41.2 Å². The molecule has 3 N–H and O–H groups in total. The molecule has 1 heterocycles. The van der Waals surface area contributed by atoms with Crippen molar-refractivity contribution >= 4 is 29.1 Å². The monoisotopic (exact) mass is 454 g/mol. The van der Waals surface area contributed by atoms with Crippen molar-refractivity contribution in [1.82, 2.24) is 4.90 Å². The number of morpholine rings is 1. The van der Waals surface area contributed by atoms with Crippen LogP contribution < -0.4 is 16.0 Å². The Kier molecular flexibility index (Phi) is 6.13. The SMILES string of the molecule is NC(=O)[C@H](C(=O)Nc1ccc(N2CCOCC2=O)cc1C(F)(F)F)N(CC1CC1)C1CC1. The van der Waals surface area contributed by atoms with Crippen LogP contribution in [-0.2, 0) is 25.3 Å². The number of benzene rings is 1. The number of anilines is 2. The molecule has 0 unspecified atom stereocenters. The maximum atomic E-state index is 13.8. The maximum Gasteiger partial charge on any atom is 0.418 e. The molecule has 0 bridgehead atoms. The van der Waals surface area contributed by atoms with Crippen LogP contribution in [-0.4, -0.2) is 61.0 Å². The van der Waals surface area contributed by atoms with Gasteiger partial charge in [-0.05, 0) is 49.8 Å². The third-order valence-corrected chi connectivity index (χ3v) is 5.90. The number of halogens is 3. The van der Waals surface area contributed by atoms with Gasteiger partial charge in [0.1, 0.15) is 6.61 Å². The number of nitrogens with zero attached hydrogens (tertiary/aromatic N) is 2. The van der Waals surface area contributed by atoms with E-state index in [-0.39, 0.29) is 31.5 Å². The first-order valence-corrected chi connectivity index (χ1v) is 10.6. The van der Waals surface area contributed by atoms with E-state index in [0.29, 0.717) is 12.5 Å². The molecule has 1 atom stereocenters. The van der Waals surface area contributed by atoms with Crippen LogP contribution in [0.4, 0.5) is 24.5 Å². The van der Waals surface area contributed by atoms with E-state index in [1.165, 1.54) is 11.0 Å². The number of nitrogens with one attached hydrogen (secondary N) is 1. The van der Waals surface area contributed by atoms with Crippen molar-refractivity contribution < 1.29 is 32.3 Å². The van der Waals surface area contributed by atoms with E-state index in [2.05, 4.69) is 5.32 Å². The predicted octanol–water partition coefficient (Wildman–Crippen LogP) is 1.74. The van der Waals surface area contributed by atoms with Crippen LogP contribution in [0.25, 0.3) is 0 Å². The smallest absolute Gasteiger partial charge is 0.370 e. The number of primary amides is 1. The Morgan fingerprint density at radius 3 is 2.53 bits per heavy atom. The lowest BCUT2D eigenvalue weighted by atomic mass is 10.1. The van der Waals surface area contributed by atoms with Crippen LogP contribution in [0, 0.1) is 5.92 Å². The third-order valence-electron chi connectivity index (χ3n) is 5.90. The highest BCUT2D eigenvalue weighted by Gasteiger charge is 2.43. The van der Waals surface area contributed by atoms with Gasteiger partial charge in [0.2, 0.25) is 5.91 Å². The minimum Gasteiger partial charge on any atom is -0.370 e. The number of hydrogen-bond acceptors (Lipinski definition) is 5. The van der Waals surface area contributed by atoms with Gasteiger partial charge in [0.05, 0.1) is 17.9 Å². The molecule has 0 radical (unpaired) electrons. The Hall–Kier alpha value is -2.66. The second kappa shape index (κ2) is 8.70. The number of ether oxygens (including phenoxy) is 1. The van der Waals surface area contributed by atoms with Gasteiger partial charge in [-0.15, -0.1) is 0 Å². The van der Waals surface area contributed by atoms with Crippen LogP contribution in [0.3, 0.4) is 0 Å². The fourth-order valence-corrected chi connectivity index (χ4v) is 3.95. The summed E-state index contributed by atoms with van der Waals surface area (Å²) < 4.78 is 46.4. The first-order chi connectivity index (χ1) is 15.1. The van der Waals surface area contributed by atoms with Crippen molar-refractivity contribution in [3.05, 3.63) is 23.8 Å². The standard InChI is InChI=1S/C21H25F3N4O4/c22-21(23,24)15-9-14(27-7-8-32-11-17(27)29)5-6-16(15)26-20(31)18(19(25)30)28(13-3-4-13)10-12-1-2-12/h5-6,9,12-13,18H,1-4,7-8,10-11H2,(H2,25,30)(H,26,31)/t18-/m1/s1. The van der Waals surface area contributed by atoms with Crippen LogP contribution >= 0.6 is 0 Å². The van der Waals surface area contributed by atoms with Gasteiger partial charge in [0.15, 0.2) is 6.04 Å². The van der Waals surface area contributed by atoms with E-state index in [1.54, 1.807) is 4.90 Å².